The lowest BCUT2D eigenvalue weighted by Crippen LogP contribution is -2.40. The van der Waals surface area contributed by atoms with Crippen LogP contribution in [0.5, 0.6) is 5.75 Å². The van der Waals surface area contributed by atoms with Crippen molar-refractivity contribution >= 4 is 24.0 Å². The second-order valence-electron chi connectivity index (χ2n) is 6.29. The number of hydrogen-bond donors (Lipinski definition) is 2. The average molecular weight is 357 g/mol. The molecule has 5 nitrogen and oxygen atoms in total. The highest BCUT2D eigenvalue weighted by Gasteiger charge is 2.19. The lowest BCUT2D eigenvalue weighted by atomic mass is 9.99. The van der Waals surface area contributed by atoms with E-state index >= 15 is 0 Å². The van der Waals surface area contributed by atoms with Crippen LogP contribution in [0.4, 0.5) is 5.69 Å². The molecule has 1 aliphatic rings. The van der Waals surface area contributed by atoms with Gasteiger partial charge in [0, 0.05) is 18.9 Å². The topological polar surface area (TPSA) is 73.6 Å². The molecule has 1 amide bonds. The second-order valence-corrected chi connectivity index (χ2v) is 6.29. The van der Waals surface area contributed by atoms with Crippen LogP contribution in [0.1, 0.15) is 33.1 Å². The fourth-order valence-electron chi connectivity index (χ4n) is 2.50. The minimum atomic E-state index is -0.482. The van der Waals surface area contributed by atoms with Crippen LogP contribution < -0.4 is 15.8 Å². The van der Waals surface area contributed by atoms with Gasteiger partial charge in [0.15, 0.2) is 0 Å². The Morgan fingerprint density at radius 3 is 2.54 bits per heavy atom. The van der Waals surface area contributed by atoms with Crippen molar-refractivity contribution in [3.05, 3.63) is 24.3 Å². The Hall–Kier alpha value is -1.30. The van der Waals surface area contributed by atoms with Crippen LogP contribution >= 0.6 is 12.4 Å². The third kappa shape index (κ3) is 6.30. The minimum absolute atomic E-state index is 0. The quantitative estimate of drug-likeness (QED) is 0.786. The predicted molar refractivity (Wildman–Crippen MR) is 98.8 cm³/mol. The number of hydrogen-bond acceptors (Lipinski definition) is 4. The van der Waals surface area contributed by atoms with Gasteiger partial charge in [-0.25, -0.2) is 0 Å². The molecule has 2 unspecified atom stereocenters. The summed E-state index contributed by atoms with van der Waals surface area (Å²) in [6.07, 6.45) is 3.00. The minimum Gasteiger partial charge on any atom is -0.493 e. The van der Waals surface area contributed by atoms with E-state index in [4.69, 9.17) is 15.2 Å². The van der Waals surface area contributed by atoms with Gasteiger partial charge in [-0.15, -0.1) is 12.4 Å². The lowest BCUT2D eigenvalue weighted by Gasteiger charge is -2.22. The number of anilines is 1. The highest BCUT2D eigenvalue weighted by atomic mass is 35.5. The van der Waals surface area contributed by atoms with Crippen LogP contribution in [0.15, 0.2) is 24.3 Å². The summed E-state index contributed by atoms with van der Waals surface area (Å²) in [5, 5.41) is 2.85. The molecule has 1 heterocycles. The molecule has 6 heteroatoms. The van der Waals surface area contributed by atoms with Gasteiger partial charge in [-0.3, -0.25) is 4.79 Å². The van der Waals surface area contributed by atoms with Crippen molar-refractivity contribution in [2.45, 2.75) is 39.2 Å². The molecule has 24 heavy (non-hydrogen) atoms. The standard InChI is InChI=1S/C18H28N2O3.ClH/c1-3-13(2)17(19)18(21)20-15-4-6-16(7-5-15)23-12-14-8-10-22-11-9-14;/h4-7,13-14,17H,3,8-12,19H2,1-2H3,(H,20,21);1H. The molecule has 0 bridgehead atoms. The summed E-state index contributed by atoms with van der Waals surface area (Å²) >= 11 is 0. The Morgan fingerprint density at radius 1 is 1.33 bits per heavy atom. The Kier molecular flexibility index (Phi) is 9.11. The molecular formula is C18H29ClN2O3. The smallest absolute Gasteiger partial charge is 0.241 e. The molecule has 1 aliphatic heterocycles. The number of carbonyl (C=O) groups is 1. The van der Waals surface area contributed by atoms with Crippen LogP contribution in [0.2, 0.25) is 0 Å². The number of nitrogens with two attached hydrogens (primary N) is 1. The predicted octanol–water partition coefficient (Wildman–Crippen LogP) is 3.23. The van der Waals surface area contributed by atoms with Gasteiger partial charge in [0.1, 0.15) is 5.75 Å². The van der Waals surface area contributed by atoms with Gasteiger partial charge in [0.2, 0.25) is 5.91 Å². The summed E-state index contributed by atoms with van der Waals surface area (Å²) in [5.74, 6) is 1.41. The fraction of sp³-hybridized carbons (Fsp3) is 0.611. The fourth-order valence-corrected chi connectivity index (χ4v) is 2.50. The zero-order valence-electron chi connectivity index (χ0n) is 14.5. The highest BCUT2D eigenvalue weighted by molar-refractivity contribution is 5.94. The maximum absolute atomic E-state index is 12.1. The van der Waals surface area contributed by atoms with Crippen molar-refractivity contribution in [1.29, 1.82) is 0 Å². The van der Waals surface area contributed by atoms with Crippen molar-refractivity contribution in [3.63, 3.8) is 0 Å². The van der Waals surface area contributed by atoms with E-state index in [2.05, 4.69) is 5.32 Å². The number of ether oxygens (including phenoxy) is 2. The monoisotopic (exact) mass is 356 g/mol. The molecule has 3 N–H and O–H groups in total. The normalized spacial score (nSPS) is 17.5. The maximum Gasteiger partial charge on any atom is 0.241 e. The van der Waals surface area contributed by atoms with Crippen molar-refractivity contribution in [2.75, 3.05) is 25.1 Å². The van der Waals surface area contributed by atoms with E-state index in [0.29, 0.717) is 12.5 Å². The Balaban J connectivity index is 0.00000288. The summed E-state index contributed by atoms with van der Waals surface area (Å²) in [6.45, 7) is 6.39. The van der Waals surface area contributed by atoms with Gasteiger partial charge in [-0.05, 0) is 48.9 Å². The van der Waals surface area contributed by atoms with Crippen LogP contribution in [-0.4, -0.2) is 31.8 Å². The van der Waals surface area contributed by atoms with Gasteiger partial charge < -0.3 is 20.5 Å². The van der Waals surface area contributed by atoms with Crippen LogP contribution in [0.25, 0.3) is 0 Å². The van der Waals surface area contributed by atoms with E-state index < -0.39 is 6.04 Å². The summed E-state index contributed by atoms with van der Waals surface area (Å²) in [4.78, 5) is 12.1. The largest absolute Gasteiger partial charge is 0.493 e. The molecule has 136 valence electrons. The van der Waals surface area contributed by atoms with E-state index in [1.165, 1.54) is 0 Å². The lowest BCUT2D eigenvalue weighted by molar-refractivity contribution is -0.118. The third-order valence-electron chi connectivity index (χ3n) is 4.51. The van der Waals surface area contributed by atoms with E-state index in [0.717, 1.165) is 43.9 Å². The van der Waals surface area contributed by atoms with Crippen molar-refractivity contribution in [3.8, 4) is 5.75 Å². The third-order valence-corrected chi connectivity index (χ3v) is 4.51. The molecule has 1 aromatic rings. The number of halogens is 1. The molecule has 2 rings (SSSR count). The average Bonchev–Trinajstić information content (AvgIpc) is 2.60. The van der Waals surface area contributed by atoms with Crippen LogP contribution in [0.3, 0.4) is 0 Å². The molecule has 0 spiro atoms. The first kappa shape index (κ1) is 20.7. The molecule has 1 fully saturated rings. The van der Waals surface area contributed by atoms with Gasteiger partial charge in [0.25, 0.3) is 0 Å². The Morgan fingerprint density at radius 2 is 1.96 bits per heavy atom. The Labute approximate surface area is 150 Å². The van der Waals surface area contributed by atoms with Crippen molar-refractivity contribution in [1.82, 2.24) is 0 Å². The van der Waals surface area contributed by atoms with Gasteiger partial charge in [0.05, 0.1) is 12.6 Å². The SMILES string of the molecule is CCC(C)C(N)C(=O)Nc1ccc(OCC2CCOCC2)cc1.Cl. The van der Waals surface area contributed by atoms with Crippen LogP contribution in [-0.2, 0) is 9.53 Å². The first-order valence-corrected chi connectivity index (χ1v) is 8.47. The van der Waals surface area contributed by atoms with Gasteiger partial charge in [-0.1, -0.05) is 20.3 Å². The van der Waals surface area contributed by atoms with E-state index in [1.807, 2.05) is 38.1 Å². The molecule has 0 aromatic heterocycles. The number of rotatable bonds is 7. The van der Waals surface area contributed by atoms with Crippen LogP contribution in [0, 0.1) is 11.8 Å². The maximum atomic E-state index is 12.1. The summed E-state index contributed by atoms with van der Waals surface area (Å²) in [6, 6.07) is 6.97. The molecule has 0 radical (unpaired) electrons. The van der Waals surface area contributed by atoms with Gasteiger partial charge >= 0.3 is 0 Å². The summed E-state index contributed by atoms with van der Waals surface area (Å²) in [7, 11) is 0. The van der Waals surface area contributed by atoms with E-state index in [1.54, 1.807) is 0 Å². The zero-order chi connectivity index (χ0) is 16.7. The number of nitrogens with one attached hydrogen (secondary N) is 1. The molecule has 1 aromatic carbocycles. The first-order chi connectivity index (χ1) is 11.1. The number of carbonyl (C=O) groups excluding carboxylic acids is 1. The highest BCUT2D eigenvalue weighted by Crippen LogP contribution is 2.20. The van der Waals surface area contributed by atoms with Gasteiger partial charge in [-0.2, -0.15) is 0 Å². The molecule has 1 saturated heterocycles. The number of amides is 1. The summed E-state index contributed by atoms with van der Waals surface area (Å²) < 4.78 is 11.2. The number of benzene rings is 1. The first-order valence-electron chi connectivity index (χ1n) is 8.47. The summed E-state index contributed by atoms with van der Waals surface area (Å²) in [5.41, 5.74) is 6.68. The molecule has 0 saturated carbocycles. The zero-order valence-corrected chi connectivity index (χ0v) is 15.3. The molecule has 0 aliphatic carbocycles. The molecular weight excluding hydrogens is 328 g/mol. The molecule has 2 atom stereocenters. The Bertz CT molecular complexity index is 490. The second kappa shape index (κ2) is 10.5. The van der Waals surface area contributed by atoms with Crippen molar-refractivity contribution in [2.24, 2.45) is 17.6 Å². The van der Waals surface area contributed by atoms with E-state index in [-0.39, 0.29) is 24.2 Å². The van der Waals surface area contributed by atoms with E-state index in [9.17, 15) is 4.79 Å². The van der Waals surface area contributed by atoms with Crippen molar-refractivity contribution < 1.29 is 14.3 Å².